The van der Waals surface area contributed by atoms with Crippen LogP contribution in [0.25, 0.3) is 11.2 Å². The van der Waals surface area contributed by atoms with Gasteiger partial charge in [-0.05, 0) is 50.0 Å². The summed E-state index contributed by atoms with van der Waals surface area (Å²) in [7, 11) is 0. The first-order chi connectivity index (χ1) is 16.7. The number of hydrogen-bond acceptors (Lipinski definition) is 9. The minimum atomic E-state index is -0.337. The van der Waals surface area contributed by atoms with Gasteiger partial charge in [-0.25, -0.2) is 9.78 Å². The molecule has 1 unspecified atom stereocenters. The van der Waals surface area contributed by atoms with Crippen LogP contribution < -0.4 is 16.4 Å². The third-order valence-electron chi connectivity index (χ3n) is 6.46. The minimum absolute atomic E-state index is 0.225. The highest BCUT2D eigenvalue weighted by molar-refractivity contribution is 7.99. The average molecular weight is 482 g/mol. The minimum Gasteiger partial charge on any atom is -0.460 e. The van der Waals surface area contributed by atoms with E-state index in [1.165, 1.54) is 0 Å². The molecule has 1 saturated heterocycles. The molecular weight excluding hydrogens is 450 g/mol. The SMILES string of the molecule is NC1CCC(Nc2nc(NCCOC(=O)c3ccccc3)c3ncn(C4CCSC4)c3n2)CC1. The van der Waals surface area contributed by atoms with E-state index in [4.69, 9.17) is 20.4 Å². The summed E-state index contributed by atoms with van der Waals surface area (Å²) in [6.45, 7) is 0.650. The summed E-state index contributed by atoms with van der Waals surface area (Å²) in [6.07, 6.45) is 7.03. The van der Waals surface area contributed by atoms with E-state index in [2.05, 4.69) is 20.2 Å². The fourth-order valence-corrected chi connectivity index (χ4v) is 5.73. The molecule has 0 amide bonds. The Hall–Kier alpha value is -2.85. The molecule has 0 bridgehead atoms. The fourth-order valence-electron chi connectivity index (χ4n) is 4.53. The number of ether oxygens (including phenoxy) is 1. The lowest BCUT2D eigenvalue weighted by Gasteiger charge is -2.27. The molecular formula is C24H31N7O2S. The second-order valence-corrected chi connectivity index (χ2v) is 10.1. The van der Waals surface area contributed by atoms with Crippen LogP contribution in [0.3, 0.4) is 0 Å². The van der Waals surface area contributed by atoms with E-state index in [1.807, 2.05) is 36.3 Å². The van der Waals surface area contributed by atoms with Crippen LogP contribution >= 0.6 is 11.8 Å². The zero-order valence-corrected chi connectivity index (χ0v) is 20.0. The Balaban J connectivity index is 1.31. The number of nitrogens with one attached hydrogen (secondary N) is 2. The van der Waals surface area contributed by atoms with Gasteiger partial charge in [0.1, 0.15) is 6.61 Å². The van der Waals surface area contributed by atoms with Crippen molar-refractivity contribution in [3.63, 3.8) is 0 Å². The number of anilines is 2. The molecule has 5 rings (SSSR count). The second-order valence-electron chi connectivity index (χ2n) is 8.92. The molecule has 0 spiro atoms. The zero-order valence-electron chi connectivity index (χ0n) is 19.2. The Bertz CT molecular complexity index is 1110. The van der Waals surface area contributed by atoms with Gasteiger partial charge in [-0.3, -0.25) is 0 Å². The predicted molar refractivity (Wildman–Crippen MR) is 135 cm³/mol. The molecule has 1 atom stereocenters. The molecule has 180 valence electrons. The Kier molecular flexibility index (Phi) is 7.15. The van der Waals surface area contributed by atoms with Gasteiger partial charge in [0.15, 0.2) is 17.0 Å². The van der Waals surface area contributed by atoms with Gasteiger partial charge in [0, 0.05) is 23.9 Å². The fraction of sp³-hybridized carbons (Fsp3) is 0.500. The van der Waals surface area contributed by atoms with Gasteiger partial charge in [0.2, 0.25) is 5.95 Å². The van der Waals surface area contributed by atoms with Gasteiger partial charge in [0.05, 0.1) is 18.4 Å². The quantitative estimate of drug-likeness (QED) is 0.328. The maximum absolute atomic E-state index is 12.2. The molecule has 10 heteroatoms. The maximum atomic E-state index is 12.2. The smallest absolute Gasteiger partial charge is 0.338 e. The van der Waals surface area contributed by atoms with Crippen molar-refractivity contribution < 1.29 is 9.53 Å². The molecule has 1 aromatic carbocycles. The molecule has 34 heavy (non-hydrogen) atoms. The number of carbonyl (C=O) groups is 1. The molecule has 2 aromatic heterocycles. The van der Waals surface area contributed by atoms with Crippen molar-refractivity contribution >= 4 is 40.7 Å². The predicted octanol–water partition coefficient (Wildman–Crippen LogP) is 3.46. The molecule has 1 saturated carbocycles. The summed E-state index contributed by atoms with van der Waals surface area (Å²) in [6, 6.07) is 10.00. The van der Waals surface area contributed by atoms with Gasteiger partial charge in [0.25, 0.3) is 0 Å². The summed E-state index contributed by atoms with van der Waals surface area (Å²) in [5, 5.41) is 6.84. The molecule has 1 aliphatic heterocycles. The molecule has 3 aromatic rings. The van der Waals surface area contributed by atoms with E-state index in [-0.39, 0.29) is 12.6 Å². The molecule has 9 nitrogen and oxygen atoms in total. The van der Waals surface area contributed by atoms with E-state index < -0.39 is 0 Å². The third kappa shape index (κ3) is 5.28. The summed E-state index contributed by atoms with van der Waals surface area (Å²) in [4.78, 5) is 26.4. The Morgan fingerprint density at radius 3 is 2.74 bits per heavy atom. The molecule has 2 fully saturated rings. The standard InChI is InChI=1S/C24H31N7O2S/c25-17-6-8-18(9-7-17)28-24-29-21(26-11-12-33-23(32)16-4-2-1-3-5-16)20-22(30-24)31(15-27-20)19-10-13-34-14-19/h1-5,15,17-19H,6-14,25H2,(H2,26,28,29,30). The normalized spacial score (nSPS) is 22.6. The first kappa shape index (κ1) is 22.9. The number of hydrogen-bond donors (Lipinski definition) is 3. The number of fused-ring (bicyclic) bond motifs is 1. The molecule has 0 radical (unpaired) electrons. The van der Waals surface area contributed by atoms with Crippen molar-refractivity contribution in [3.8, 4) is 0 Å². The van der Waals surface area contributed by atoms with Crippen molar-refractivity contribution in [2.75, 3.05) is 35.3 Å². The lowest BCUT2D eigenvalue weighted by Crippen LogP contribution is -2.33. The lowest BCUT2D eigenvalue weighted by molar-refractivity contribution is 0.0520. The number of nitrogens with two attached hydrogens (primary N) is 1. The number of benzene rings is 1. The van der Waals surface area contributed by atoms with Crippen LogP contribution in [0.2, 0.25) is 0 Å². The monoisotopic (exact) mass is 481 g/mol. The van der Waals surface area contributed by atoms with Crippen molar-refractivity contribution in [2.24, 2.45) is 5.73 Å². The van der Waals surface area contributed by atoms with Crippen LogP contribution in [-0.2, 0) is 4.74 Å². The summed E-state index contributed by atoms with van der Waals surface area (Å²) in [5.41, 5.74) is 8.19. The van der Waals surface area contributed by atoms with E-state index in [1.54, 1.807) is 12.1 Å². The topological polar surface area (TPSA) is 120 Å². The van der Waals surface area contributed by atoms with Gasteiger partial charge in [-0.15, -0.1) is 0 Å². The van der Waals surface area contributed by atoms with Crippen molar-refractivity contribution in [2.45, 2.75) is 50.2 Å². The number of aromatic nitrogens is 4. The van der Waals surface area contributed by atoms with Crippen LogP contribution in [0, 0.1) is 0 Å². The number of thioether (sulfide) groups is 1. The summed E-state index contributed by atoms with van der Waals surface area (Å²) < 4.78 is 7.59. The summed E-state index contributed by atoms with van der Waals surface area (Å²) in [5.74, 6) is 3.14. The van der Waals surface area contributed by atoms with Gasteiger partial charge in [-0.2, -0.15) is 21.7 Å². The average Bonchev–Trinajstić information content (AvgIpc) is 3.54. The molecule has 1 aliphatic carbocycles. The Labute approximate surface area is 203 Å². The van der Waals surface area contributed by atoms with Crippen LogP contribution in [-0.4, -0.2) is 62.2 Å². The van der Waals surface area contributed by atoms with Crippen LogP contribution in [0.15, 0.2) is 36.7 Å². The summed E-state index contributed by atoms with van der Waals surface area (Å²) >= 11 is 1.96. The highest BCUT2D eigenvalue weighted by Gasteiger charge is 2.24. The van der Waals surface area contributed by atoms with Crippen molar-refractivity contribution in [1.29, 1.82) is 0 Å². The highest BCUT2D eigenvalue weighted by atomic mass is 32.2. The van der Waals surface area contributed by atoms with Crippen molar-refractivity contribution in [3.05, 3.63) is 42.2 Å². The third-order valence-corrected chi connectivity index (χ3v) is 7.61. The van der Waals surface area contributed by atoms with E-state index in [9.17, 15) is 4.79 Å². The highest BCUT2D eigenvalue weighted by Crippen LogP contribution is 2.32. The number of carbonyl (C=O) groups excluding carboxylic acids is 1. The first-order valence-electron chi connectivity index (χ1n) is 12.0. The molecule has 4 N–H and O–H groups in total. The number of nitrogens with zero attached hydrogens (tertiary/aromatic N) is 4. The van der Waals surface area contributed by atoms with Crippen LogP contribution in [0.5, 0.6) is 0 Å². The van der Waals surface area contributed by atoms with E-state index >= 15 is 0 Å². The van der Waals surface area contributed by atoms with Crippen LogP contribution in [0.1, 0.15) is 48.5 Å². The largest absolute Gasteiger partial charge is 0.460 e. The molecule has 3 heterocycles. The van der Waals surface area contributed by atoms with Gasteiger partial charge < -0.3 is 25.7 Å². The first-order valence-corrected chi connectivity index (χ1v) is 13.1. The maximum Gasteiger partial charge on any atom is 0.338 e. The Morgan fingerprint density at radius 1 is 1.15 bits per heavy atom. The number of rotatable bonds is 8. The lowest BCUT2D eigenvalue weighted by atomic mass is 9.92. The van der Waals surface area contributed by atoms with E-state index in [0.717, 1.165) is 54.8 Å². The van der Waals surface area contributed by atoms with Crippen LogP contribution in [0.4, 0.5) is 11.8 Å². The van der Waals surface area contributed by atoms with Gasteiger partial charge in [-0.1, -0.05) is 18.2 Å². The zero-order chi connectivity index (χ0) is 23.3. The van der Waals surface area contributed by atoms with Crippen molar-refractivity contribution in [1.82, 2.24) is 19.5 Å². The number of esters is 1. The Morgan fingerprint density at radius 2 is 1.97 bits per heavy atom. The molecule has 2 aliphatic rings. The van der Waals surface area contributed by atoms with Gasteiger partial charge >= 0.3 is 5.97 Å². The number of imidazole rings is 1. The van der Waals surface area contributed by atoms with E-state index in [0.29, 0.717) is 42.0 Å². The second kappa shape index (κ2) is 10.6.